The molecule has 0 bridgehead atoms. The van der Waals surface area contributed by atoms with Gasteiger partial charge in [0.1, 0.15) is 0 Å². The van der Waals surface area contributed by atoms with Crippen molar-refractivity contribution in [1.82, 2.24) is 10.6 Å². The molecule has 2 aromatic rings. The highest BCUT2D eigenvalue weighted by Crippen LogP contribution is 2.37. The van der Waals surface area contributed by atoms with Gasteiger partial charge in [-0.05, 0) is 48.9 Å². The van der Waals surface area contributed by atoms with Crippen LogP contribution in [0, 0.1) is 0 Å². The lowest BCUT2D eigenvalue weighted by molar-refractivity contribution is 0.0939. The predicted octanol–water partition coefficient (Wildman–Crippen LogP) is 2.05. The van der Waals surface area contributed by atoms with Gasteiger partial charge in [0.25, 0.3) is 5.91 Å². The van der Waals surface area contributed by atoms with E-state index in [-0.39, 0.29) is 11.9 Å². The van der Waals surface area contributed by atoms with Gasteiger partial charge in [-0.15, -0.1) is 0 Å². The summed E-state index contributed by atoms with van der Waals surface area (Å²) in [7, 11) is 3.12. The molecule has 1 atom stereocenters. The number of nitrogens with two attached hydrogens (primary N) is 1. The first-order valence-electron chi connectivity index (χ1n) is 8.89. The van der Waals surface area contributed by atoms with Crippen LogP contribution in [-0.2, 0) is 6.54 Å². The van der Waals surface area contributed by atoms with Crippen LogP contribution in [0.15, 0.2) is 36.4 Å². The Kier molecular flexibility index (Phi) is 6.16. The van der Waals surface area contributed by atoms with Crippen LogP contribution in [0.2, 0.25) is 0 Å². The average Bonchev–Trinajstić information content (AvgIpc) is 3.21. The molecule has 7 nitrogen and oxygen atoms in total. The first kappa shape index (κ1) is 19.0. The van der Waals surface area contributed by atoms with Crippen molar-refractivity contribution in [2.45, 2.75) is 19.0 Å². The van der Waals surface area contributed by atoms with Gasteiger partial charge < -0.3 is 30.6 Å². The van der Waals surface area contributed by atoms with Crippen molar-refractivity contribution in [2.24, 2.45) is 5.73 Å². The van der Waals surface area contributed by atoms with Gasteiger partial charge >= 0.3 is 0 Å². The third-order valence-corrected chi connectivity index (χ3v) is 4.51. The summed E-state index contributed by atoms with van der Waals surface area (Å²) in [6.45, 7) is 2.13. The van der Waals surface area contributed by atoms with Gasteiger partial charge in [-0.1, -0.05) is 6.07 Å². The van der Waals surface area contributed by atoms with Crippen LogP contribution >= 0.6 is 0 Å². The Balaban J connectivity index is 1.79. The highest BCUT2D eigenvalue weighted by Gasteiger charge is 2.19. The van der Waals surface area contributed by atoms with E-state index in [2.05, 4.69) is 10.6 Å². The fraction of sp³-hybridized carbons (Fsp3) is 0.350. The number of carbonyl (C=O) groups is 1. The Bertz CT molecular complexity index is 804. The Morgan fingerprint density at radius 1 is 1.11 bits per heavy atom. The van der Waals surface area contributed by atoms with Crippen molar-refractivity contribution >= 4 is 5.91 Å². The number of nitrogens with one attached hydrogen (secondary N) is 2. The van der Waals surface area contributed by atoms with Crippen LogP contribution in [-0.4, -0.2) is 39.3 Å². The van der Waals surface area contributed by atoms with Crippen molar-refractivity contribution in [3.05, 3.63) is 47.5 Å². The van der Waals surface area contributed by atoms with E-state index in [9.17, 15) is 4.79 Å². The van der Waals surface area contributed by atoms with Crippen LogP contribution in [0.1, 0.15) is 22.3 Å². The lowest BCUT2D eigenvalue weighted by Gasteiger charge is -2.15. The first-order valence-corrected chi connectivity index (χ1v) is 8.89. The third-order valence-electron chi connectivity index (χ3n) is 4.51. The minimum absolute atomic E-state index is 0.126. The van der Waals surface area contributed by atoms with E-state index in [1.807, 2.05) is 12.1 Å². The van der Waals surface area contributed by atoms with E-state index < -0.39 is 0 Å². The second-order valence-corrected chi connectivity index (χ2v) is 6.32. The molecule has 1 amide bonds. The zero-order valence-corrected chi connectivity index (χ0v) is 15.6. The summed E-state index contributed by atoms with van der Waals surface area (Å²) in [6, 6.07) is 10.8. The maximum atomic E-state index is 12.4. The molecule has 0 aliphatic carbocycles. The van der Waals surface area contributed by atoms with Crippen molar-refractivity contribution in [3.8, 4) is 23.0 Å². The van der Waals surface area contributed by atoms with Gasteiger partial charge in [0.05, 0.1) is 14.2 Å². The van der Waals surface area contributed by atoms with Crippen molar-refractivity contribution < 1.29 is 19.0 Å². The maximum absolute atomic E-state index is 12.4. The number of carbonyl (C=O) groups excluding carboxylic acids is 1. The molecule has 0 radical (unpaired) electrons. The van der Waals surface area contributed by atoms with E-state index in [0.29, 0.717) is 35.1 Å². The van der Waals surface area contributed by atoms with Crippen molar-refractivity contribution in [3.63, 3.8) is 0 Å². The molecule has 0 saturated carbocycles. The molecule has 2 aromatic carbocycles. The van der Waals surface area contributed by atoms with Crippen LogP contribution < -0.4 is 30.6 Å². The normalized spacial score (nSPS) is 16.0. The van der Waals surface area contributed by atoms with Crippen molar-refractivity contribution in [2.75, 3.05) is 27.3 Å². The topological polar surface area (TPSA) is 94.8 Å². The van der Waals surface area contributed by atoms with Gasteiger partial charge in [0.2, 0.25) is 0 Å². The van der Waals surface area contributed by atoms with Gasteiger partial charge in [-0.3, -0.25) is 4.79 Å². The number of benzene rings is 2. The number of hydrogen-bond donors (Lipinski definition) is 3. The van der Waals surface area contributed by atoms with E-state index in [4.69, 9.17) is 19.9 Å². The molecule has 0 aromatic heterocycles. The summed E-state index contributed by atoms with van der Waals surface area (Å²) < 4.78 is 16.8. The summed E-state index contributed by atoms with van der Waals surface area (Å²) >= 11 is 0. The van der Waals surface area contributed by atoms with E-state index in [0.717, 1.165) is 25.1 Å². The number of methoxy groups -OCH3 is 2. The van der Waals surface area contributed by atoms with Gasteiger partial charge in [0, 0.05) is 24.7 Å². The minimum Gasteiger partial charge on any atom is -0.493 e. The minimum atomic E-state index is -0.126. The monoisotopic (exact) mass is 371 g/mol. The fourth-order valence-electron chi connectivity index (χ4n) is 2.98. The second-order valence-electron chi connectivity index (χ2n) is 6.32. The number of rotatable bonds is 7. The summed E-state index contributed by atoms with van der Waals surface area (Å²) in [5, 5.41) is 6.24. The molecule has 1 aliphatic rings. The molecule has 144 valence electrons. The third kappa shape index (κ3) is 4.50. The molecule has 7 heteroatoms. The molecular formula is C20H25N3O4. The molecule has 1 saturated heterocycles. The number of amides is 1. The molecule has 1 heterocycles. The van der Waals surface area contributed by atoms with Crippen LogP contribution in [0.3, 0.4) is 0 Å². The zero-order chi connectivity index (χ0) is 19.2. The van der Waals surface area contributed by atoms with Gasteiger partial charge in [-0.2, -0.15) is 0 Å². The molecule has 1 aliphatic heterocycles. The van der Waals surface area contributed by atoms with Crippen LogP contribution in [0.5, 0.6) is 23.0 Å². The van der Waals surface area contributed by atoms with E-state index >= 15 is 0 Å². The summed E-state index contributed by atoms with van der Waals surface area (Å²) in [4.78, 5) is 12.4. The summed E-state index contributed by atoms with van der Waals surface area (Å²) in [5.41, 5.74) is 7.14. The Labute approximate surface area is 158 Å². The van der Waals surface area contributed by atoms with Crippen LogP contribution in [0.25, 0.3) is 0 Å². The largest absolute Gasteiger partial charge is 0.493 e. The molecule has 1 fully saturated rings. The average molecular weight is 371 g/mol. The number of hydrogen-bond acceptors (Lipinski definition) is 6. The first-order chi connectivity index (χ1) is 13.1. The Morgan fingerprint density at radius 3 is 2.44 bits per heavy atom. The predicted molar refractivity (Wildman–Crippen MR) is 103 cm³/mol. The lowest BCUT2D eigenvalue weighted by Crippen LogP contribution is -2.36. The smallest absolute Gasteiger partial charge is 0.251 e. The van der Waals surface area contributed by atoms with E-state index in [1.165, 1.54) is 0 Å². The van der Waals surface area contributed by atoms with Crippen molar-refractivity contribution in [1.29, 1.82) is 0 Å². The Morgan fingerprint density at radius 2 is 1.81 bits per heavy atom. The Hall–Kier alpha value is -2.77. The molecular weight excluding hydrogens is 346 g/mol. The van der Waals surface area contributed by atoms with E-state index in [1.54, 1.807) is 38.5 Å². The SMILES string of the molecule is COc1cc(CN)ccc1Oc1ccc(C(=O)N[C@H]2CCNC2)cc1OC. The highest BCUT2D eigenvalue weighted by atomic mass is 16.5. The second kappa shape index (κ2) is 8.75. The summed E-state index contributed by atoms with van der Waals surface area (Å²) in [5.74, 6) is 1.96. The van der Waals surface area contributed by atoms with Crippen LogP contribution in [0.4, 0.5) is 0 Å². The fourth-order valence-corrected chi connectivity index (χ4v) is 2.98. The van der Waals surface area contributed by atoms with Gasteiger partial charge in [0.15, 0.2) is 23.0 Å². The number of ether oxygens (including phenoxy) is 3. The zero-order valence-electron chi connectivity index (χ0n) is 15.6. The molecule has 4 N–H and O–H groups in total. The summed E-state index contributed by atoms with van der Waals surface area (Å²) in [6.07, 6.45) is 0.933. The molecule has 0 unspecified atom stereocenters. The standard InChI is InChI=1S/C20H25N3O4/c1-25-18-9-13(11-21)3-5-16(18)27-17-6-4-14(10-19(17)26-2)20(24)23-15-7-8-22-12-15/h3-6,9-10,15,22H,7-8,11-12,21H2,1-2H3,(H,23,24)/t15-/m0/s1. The highest BCUT2D eigenvalue weighted by molar-refractivity contribution is 5.95. The lowest BCUT2D eigenvalue weighted by atomic mass is 10.1. The molecule has 3 rings (SSSR count). The maximum Gasteiger partial charge on any atom is 0.251 e. The quantitative estimate of drug-likeness (QED) is 0.690. The molecule has 0 spiro atoms. The van der Waals surface area contributed by atoms with Gasteiger partial charge in [-0.25, -0.2) is 0 Å². The molecule has 27 heavy (non-hydrogen) atoms.